The number of methoxy groups -OCH3 is 1. The zero-order chi connectivity index (χ0) is 13.9. The molecule has 4 nitrogen and oxygen atoms in total. The molecule has 2 aromatic carbocycles. The zero-order valence-corrected chi connectivity index (χ0v) is 11.4. The third-order valence-corrected chi connectivity index (χ3v) is 4.50. The van der Waals surface area contributed by atoms with Crippen LogP contribution in [0.15, 0.2) is 53.4 Å². The van der Waals surface area contributed by atoms with Crippen molar-refractivity contribution in [2.24, 2.45) is 0 Å². The Morgan fingerprint density at radius 3 is 2.37 bits per heavy atom. The fourth-order valence-electron chi connectivity index (χ4n) is 1.82. The summed E-state index contributed by atoms with van der Waals surface area (Å²) in [6.45, 7) is 0. The molecule has 0 aliphatic heterocycles. The molecule has 2 aromatic rings. The van der Waals surface area contributed by atoms with Crippen LogP contribution in [0.25, 0.3) is 0 Å². The summed E-state index contributed by atoms with van der Waals surface area (Å²) in [7, 11) is -2.03. The van der Waals surface area contributed by atoms with Crippen molar-refractivity contribution in [2.45, 2.75) is 10.6 Å². The van der Waals surface area contributed by atoms with Crippen molar-refractivity contribution >= 4 is 15.5 Å². The molecule has 100 valence electrons. The standard InChI is InChI=1S/C14H15NO3S/c1-18-13-8-4-5-9-14(13)19(16,17)10-11-6-2-3-7-12(11)15/h2-9H,10,15H2,1H3. The monoisotopic (exact) mass is 277 g/mol. The Morgan fingerprint density at radius 1 is 1.05 bits per heavy atom. The highest BCUT2D eigenvalue weighted by molar-refractivity contribution is 7.90. The Bertz CT molecular complexity index is 681. The Labute approximate surface area is 112 Å². The molecular formula is C14H15NO3S. The molecule has 2 N–H and O–H groups in total. The van der Waals surface area contributed by atoms with Gasteiger partial charge in [-0.3, -0.25) is 0 Å². The van der Waals surface area contributed by atoms with Gasteiger partial charge in [0, 0.05) is 5.69 Å². The molecule has 0 heterocycles. The number of ether oxygens (including phenoxy) is 1. The molecular weight excluding hydrogens is 262 g/mol. The van der Waals surface area contributed by atoms with Gasteiger partial charge in [0.25, 0.3) is 0 Å². The zero-order valence-electron chi connectivity index (χ0n) is 10.5. The summed E-state index contributed by atoms with van der Waals surface area (Å²) in [5.41, 5.74) is 6.84. The topological polar surface area (TPSA) is 69.4 Å². The number of nitrogen functional groups attached to an aromatic ring is 1. The number of anilines is 1. The number of nitrogens with two attached hydrogens (primary N) is 1. The summed E-state index contributed by atoms with van der Waals surface area (Å²) in [6, 6.07) is 13.5. The van der Waals surface area contributed by atoms with E-state index in [-0.39, 0.29) is 10.6 Å². The van der Waals surface area contributed by atoms with E-state index in [1.165, 1.54) is 13.2 Å². The fourth-order valence-corrected chi connectivity index (χ4v) is 3.40. The van der Waals surface area contributed by atoms with E-state index in [1.54, 1.807) is 42.5 Å². The van der Waals surface area contributed by atoms with E-state index in [4.69, 9.17) is 10.5 Å². The molecule has 0 spiro atoms. The van der Waals surface area contributed by atoms with E-state index in [2.05, 4.69) is 0 Å². The van der Waals surface area contributed by atoms with Gasteiger partial charge in [-0.15, -0.1) is 0 Å². The van der Waals surface area contributed by atoms with Gasteiger partial charge < -0.3 is 10.5 Å². The SMILES string of the molecule is COc1ccccc1S(=O)(=O)Cc1ccccc1N. The van der Waals surface area contributed by atoms with Gasteiger partial charge in [0.15, 0.2) is 9.84 Å². The fraction of sp³-hybridized carbons (Fsp3) is 0.143. The molecule has 2 rings (SSSR count). The van der Waals surface area contributed by atoms with Crippen molar-refractivity contribution in [1.82, 2.24) is 0 Å². The lowest BCUT2D eigenvalue weighted by molar-refractivity contribution is 0.402. The summed E-state index contributed by atoms with van der Waals surface area (Å²) < 4.78 is 29.9. The second kappa shape index (κ2) is 5.32. The molecule has 0 aromatic heterocycles. The van der Waals surface area contributed by atoms with Gasteiger partial charge in [-0.2, -0.15) is 0 Å². The lowest BCUT2D eigenvalue weighted by Gasteiger charge is -2.10. The Morgan fingerprint density at radius 2 is 1.68 bits per heavy atom. The van der Waals surface area contributed by atoms with E-state index in [0.29, 0.717) is 17.0 Å². The van der Waals surface area contributed by atoms with E-state index in [9.17, 15) is 8.42 Å². The minimum absolute atomic E-state index is 0.139. The van der Waals surface area contributed by atoms with Gasteiger partial charge in [0.05, 0.1) is 12.9 Å². The maximum absolute atomic E-state index is 12.4. The molecule has 0 bridgehead atoms. The smallest absolute Gasteiger partial charge is 0.186 e. The highest BCUT2D eigenvalue weighted by Crippen LogP contribution is 2.27. The number of benzene rings is 2. The lowest BCUT2D eigenvalue weighted by atomic mass is 10.2. The molecule has 0 unspecified atom stereocenters. The van der Waals surface area contributed by atoms with Crippen molar-refractivity contribution in [2.75, 3.05) is 12.8 Å². The molecule has 0 aliphatic rings. The first kappa shape index (κ1) is 13.4. The molecule has 5 heteroatoms. The van der Waals surface area contributed by atoms with Crippen molar-refractivity contribution in [1.29, 1.82) is 0 Å². The first-order chi connectivity index (χ1) is 9.04. The number of rotatable bonds is 4. The van der Waals surface area contributed by atoms with E-state index in [0.717, 1.165) is 0 Å². The maximum atomic E-state index is 12.4. The summed E-state index contributed by atoms with van der Waals surface area (Å²) in [6.07, 6.45) is 0. The Kier molecular flexibility index (Phi) is 3.76. The normalized spacial score (nSPS) is 11.2. The summed E-state index contributed by atoms with van der Waals surface area (Å²) in [4.78, 5) is 0.181. The van der Waals surface area contributed by atoms with Crippen LogP contribution in [0.2, 0.25) is 0 Å². The molecule has 0 amide bonds. The van der Waals surface area contributed by atoms with Gasteiger partial charge in [0.1, 0.15) is 10.6 Å². The highest BCUT2D eigenvalue weighted by Gasteiger charge is 2.20. The van der Waals surface area contributed by atoms with Crippen LogP contribution in [0, 0.1) is 0 Å². The quantitative estimate of drug-likeness (QED) is 0.870. The lowest BCUT2D eigenvalue weighted by Crippen LogP contribution is -2.08. The maximum Gasteiger partial charge on any atom is 0.186 e. The predicted octanol–water partition coefficient (Wildman–Crippen LogP) is 2.25. The molecule has 19 heavy (non-hydrogen) atoms. The van der Waals surface area contributed by atoms with Crippen LogP contribution in [0.1, 0.15) is 5.56 Å². The average molecular weight is 277 g/mol. The van der Waals surface area contributed by atoms with Crippen LogP contribution in [-0.2, 0) is 15.6 Å². The molecule has 0 radical (unpaired) electrons. The molecule has 0 fully saturated rings. The van der Waals surface area contributed by atoms with Crippen molar-refractivity contribution in [3.63, 3.8) is 0 Å². The molecule has 0 atom stereocenters. The van der Waals surface area contributed by atoms with Crippen LogP contribution in [-0.4, -0.2) is 15.5 Å². The number of para-hydroxylation sites is 2. The van der Waals surface area contributed by atoms with Gasteiger partial charge in [-0.1, -0.05) is 30.3 Å². The summed E-state index contributed by atoms with van der Waals surface area (Å²) in [5.74, 6) is 0.206. The average Bonchev–Trinajstić information content (AvgIpc) is 2.41. The van der Waals surface area contributed by atoms with Crippen LogP contribution in [0.5, 0.6) is 5.75 Å². The summed E-state index contributed by atoms with van der Waals surface area (Å²) in [5, 5.41) is 0. The van der Waals surface area contributed by atoms with E-state index >= 15 is 0 Å². The van der Waals surface area contributed by atoms with Gasteiger partial charge in [-0.25, -0.2) is 8.42 Å². The molecule has 0 saturated heterocycles. The number of sulfone groups is 1. The predicted molar refractivity (Wildman–Crippen MR) is 74.7 cm³/mol. The minimum atomic E-state index is -3.48. The first-order valence-corrected chi connectivity index (χ1v) is 7.39. The van der Waals surface area contributed by atoms with Crippen molar-refractivity contribution in [3.8, 4) is 5.75 Å². The van der Waals surface area contributed by atoms with Crippen molar-refractivity contribution < 1.29 is 13.2 Å². The highest BCUT2D eigenvalue weighted by atomic mass is 32.2. The van der Waals surface area contributed by atoms with Gasteiger partial charge in [0.2, 0.25) is 0 Å². The summed E-state index contributed by atoms with van der Waals surface area (Å²) >= 11 is 0. The van der Waals surface area contributed by atoms with Crippen LogP contribution in [0.3, 0.4) is 0 Å². The van der Waals surface area contributed by atoms with Gasteiger partial charge in [-0.05, 0) is 23.8 Å². The Balaban J connectivity index is 2.41. The molecule has 0 aliphatic carbocycles. The van der Waals surface area contributed by atoms with E-state index < -0.39 is 9.84 Å². The van der Waals surface area contributed by atoms with Crippen molar-refractivity contribution in [3.05, 3.63) is 54.1 Å². The van der Waals surface area contributed by atoms with E-state index in [1.807, 2.05) is 0 Å². The van der Waals surface area contributed by atoms with Crippen LogP contribution in [0.4, 0.5) is 5.69 Å². The second-order valence-electron chi connectivity index (χ2n) is 4.11. The molecule has 0 saturated carbocycles. The largest absolute Gasteiger partial charge is 0.495 e. The van der Waals surface area contributed by atoms with Gasteiger partial charge >= 0.3 is 0 Å². The Hall–Kier alpha value is -2.01. The first-order valence-electron chi connectivity index (χ1n) is 5.74. The minimum Gasteiger partial charge on any atom is -0.495 e. The van der Waals surface area contributed by atoms with Crippen LogP contribution >= 0.6 is 0 Å². The third-order valence-electron chi connectivity index (χ3n) is 2.80. The number of hydrogen-bond donors (Lipinski definition) is 1. The van der Waals surface area contributed by atoms with Crippen LogP contribution < -0.4 is 10.5 Å². The number of hydrogen-bond acceptors (Lipinski definition) is 4. The third kappa shape index (κ3) is 2.88. The second-order valence-corrected chi connectivity index (χ2v) is 6.07.